The van der Waals surface area contributed by atoms with E-state index in [2.05, 4.69) is 27.3 Å². The van der Waals surface area contributed by atoms with E-state index in [4.69, 9.17) is 14.7 Å². The fraction of sp³-hybridized carbons (Fsp3) is 0.469. The van der Waals surface area contributed by atoms with E-state index in [0.29, 0.717) is 45.3 Å². The van der Waals surface area contributed by atoms with Gasteiger partial charge in [-0.25, -0.2) is 0 Å². The van der Waals surface area contributed by atoms with Crippen LogP contribution in [0.2, 0.25) is 0 Å². The number of amides is 1. The highest BCUT2D eigenvalue weighted by Gasteiger charge is 2.44. The lowest BCUT2D eigenvalue weighted by molar-refractivity contribution is -0.126. The first-order valence-electron chi connectivity index (χ1n) is 14.9. The molecule has 2 unspecified atom stereocenters. The fourth-order valence-corrected chi connectivity index (χ4v) is 6.85. The van der Waals surface area contributed by atoms with Gasteiger partial charge in [0, 0.05) is 75.1 Å². The third kappa shape index (κ3) is 5.30. The number of hydrogen-bond donors (Lipinski definition) is 1. The maximum atomic E-state index is 12.2. The molecule has 0 radical (unpaired) electrons. The van der Waals surface area contributed by atoms with Crippen LogP contribution in [0.4, 0.5) is 11.5 Å². The van der Waals surface area contributed by atoms with Gasteiger partial charge in [0.15, 0.2) is 0 Å². The van der Waals surface area contributed by atoms with E-state index in [1.165, 1.54) is 25.6 Å². The Morgan fingerprint density at radius 2 is 1.85 bits per heavy atom. The second-order valence-electron chi connectivity index (χ2n) is 11.8. The van der Waals surface area contributed by atoms with Crippen LogP contribution in [0.1, 0.15) is 24.1 Å². The molecule has 9 heteroatoms. The van der Waals surface area contributed by atoms with Crippen LogP contribution in [0.25, 0.3) is 10.8 Å². The van der Waals surface area contributed by atoms with Gasteiger partial charge in [0.25, 0.3) is 0 Å². The van der Waals surface area contributed by atoms with Crippen molar-refractivity contribution in [3.8, 4) is 11.8 Å². The highest BCUT2D eigenvalue weighted by atomic mass is 16.5. The predicted octanol–water partition coefficient (Wildman–Crippen LogP) is 3.45. The normalized spacial score (nSPS) is 22.0. The lowest BCUT2D eigenvalue weighted by Crippen LogP contribution is -2.49. The summed E-state index contributed by atoms with van der Waals surface area (Å²) < 4.78 is 6.20. The number of likely N-dealkylation sites (tertiary alicyclic amines) is 1. The molecule has 41 heavy (non-hydrogen) atoms. The number of hydrogen-bond acceptors (Lipinski definition) is 8. The molecule has 1 aromatic heterocycles. The third-order valence-corrected chi connectivity index (χ3v) is 9.16. The molecule has 3 aromatic rings. The Morgan fingerprint density at radius 3 is 2.66 bits per heavy atom. The van der Waals surface area contributed by atoms with Crippen LogP contribution in [0.15, 0.2) is 49.1 Å². The van der Waals surface area contributed by atoms with Crippen LogP contribution in [0.5, 0.6) is 11.8 Å². The standard InChI is InChI=1S/C32H38N6O3/c1-2-30(40)36-11-13-37(14-12-36)31-27-8-10-38(29-18-25(39)17-22-6-3-4-7-26(22)29)21-28(27)33-32(34-31)41-15-5-9-35-19-23-16-24(23)20-35/h2-4,6-7,17-18,23-24,39H,1,5,8-16,19-21H2. The largest absolute Gasteiger partial charge is 0.508 e. The molecular weight excluding hydrogens is 516 g/mol. The molecule has 9 nitrogen and oxygen atoms in total. The Morgan fingerprint density at radius 1 is 1.05 bits per heavy atom. The van der Waals surface area contributed by atoms with Crippen molar-refractivity contribution < 1.29 is 14.6 Å². The summed E-state index contributed by atoms with van der Waals surface area (Å²) in [6.45, 7) is 11.9. The van der Waals surface area contributed by atoms with Crippen LogP contribution in [0, 0.1) is 11.8 Å². The first-order chi connectivity index (χ1) is 20.1. The highest BCUT2D eigenvalue weighted by Crippen LogP contribution is 2.44. The van der Waals surface area contributed by atoms with Crippen molar-refractivity contribution in [2.24, 2.45) is 11.8 Å². The number of ether oxygens (including phenoxy) is 1. The van der Waals surface area contributed by atoms with Crippen molar-refractivity contribution >= 4 is 28.2 Å². The molecule has 1 N–H and O–H groups in total. The molecule has 4 heterocycles. The summed E-state index contributed by atoms with van der Waals surface area (Å²) >= 11 is 0. The van der Waals surface area contributed by atoms with E-state index >= 15 is 0 Å². The van der Waals surface area contributed by atoms with Crippen molar-refractivity contribution in [3.05, 3.63) is 60.3 Å². The first-order valence-corrected chi connectivity index (χ1v) is 14.9. The lowest BCUT2D eigenvalue weighted by atomic mass is 10.0. The number of rotatable bonds is 8. The fourth-order valence-electron chi connectivity index (χ4n) is 6.85. The zero-order valence-electron chi connectivity index (χ0n) is 23.5. The van der Waals surface area contributed by atoms with E-state index in [9.17, 15) is 9.90 Å². The molecular formula is C32H38N6O3. The Balaban J connectivity index is 1.13. The molecule has 1 aliphatic carbocycles. The molecule has 2 saturated heterocycles. The van der Waals surface area contributed by atoms with E-state index < -0.39 is 0 Å². The summed E-state index contributed by atoms with van der Waals surface area (Å²) in [5, 5.41) is 12.6. The summed E-state index contributed by atoms with van der Waals surface area (Å²) in [5.74, 6) is 3.05. The van der Waals surface area contributed by atoms with Gasteiger partial charge in [0.2, 0.25) is 5.91 Å². The average molecular weight is 555 g/mol. The summed E-state index contributed by atoms with van der Waals surface area (Å²) in [6.07, 6.45) is 4.56. The van der Waals surface area contributed by atoms with Crippen molar-refractivity contribution in [1.82, 2.24) is 19.8 Å². The van der Waals surface area contributed by atoms with Gasteiger partial charge in [-0.1, -0.05) is 30.8 Å². The predicted molar refractivity (Wildman–Crippen MR) is 160 cm³/mol. The first kappa shape index (κ1) is 26.1. The number of piperazine rings is 1. The van der Waals surface area contributed by atoms with E-state index in [1.54, 1.807) is 0 Å². The number of carbonyl (C=O) groups is 1. The van der Waals surface area contributed by atoms with E-state index in [1.807, 2.05) is 35.2 Å². The minimum absolute atomic E-state index is 0.0253. The van der Waals surface area contributed by atoms with Gasteiger partial charge in [-0.05, 0) is 48.6 Å². The van der Waals surface area contributed by atoms with E-state index in [-0.39, 0.29) is 11.7 Å². The van der Waals surface area contributed by atoms with Gasteiger partial charge in [-0.3, -0.25) is 4.79 Å². The summed E-state index contributed by atoms with van der Waals surface area (Å²) in [6, 6.07) is 12.3. The summed E-state index contributed by atoms with van der Waals surface area (Å²) in [4.78, 5) is 31.0. The van der Waals surface area contributed by atoms with Crippen molar-refractivity contribution in [3.63, 3.8) is 0 Å². The van der Waals surface area contributed by atoms with Crippen molar-refractivity contribution in [2.75, 3.05) is 68.8 Å². The topological polar surface area (TPSA) is 85.3 Å². The minimum atomic E-state index is -0.0253. The lowest BCUT2D eigenvalue weighted by Gasteiger charge is -2.38. The van der Waals surface area contributed by atoms with Crippen LogP contribution in [-0.2, 0) is 17.8 Å². The second-order valence-corrected chi connectivity index (χ2v) is 11.8. The van der Waals surface area contributed by atoms with Gasteiger partial charge in [-0.2, -0.15) is 9.97 Å². The Bertz CT molecular complexity index is 1460. The van der Waals surface area contributed by atoms with Crippen molar-refractivity contribution in [2.45, 2.75) is 25.8 Å². The van der Waals surface area contributed by atoms with Gasteiger partial charge < -0.3 is 29.4 Å². The summed E-state index contributed by atoms with van der Waals surface area (Å²) in [7, 11) is 0. The molecule has 7 rings (SSSR count). The third-order valence-electron chi connectivity index (χ3n) is 9.16. The number of benzene rings is 2. The second kappa shape index (κ2) is 10.9. The maximum Gasteiger partial charge on any atom is 0.318 e. The molecule has 214 valence electrons. The zero-order valence-corrected chi connectivity index (χ0v) is 23.5. The number of piperidine rings is 1. The van der Waals surface area contributed by atoms with E-state index in [0.717, 1.165) is 71.3 Å². The Kier molecular flexibility index (Phi) is 6.90. The number of aromatic hydroxyl groups is 1. The van der Waals surface area contributed by atoms with Crippen LogP contribution in [-0.4, -0.2) is 89.7 Å². The molecule has 1 amide bonds. The molecule has 1 saturated carbocycles. The number of phenols is 1. The quantitative estimate of drug-likeness (QED) is 0.335. The molecule has 3 fully saturated rings. The Hall–Kier alpha value is -3.85. The van der Waals surface area contributed by atoms with Gasteiger partial charge in [-0.15, -0.1) is 0 Å². The number of aromatic nitrogens is 2. The number of phenolic OH excluding ortho intramolecular Hbond substituents is 1. The summed E-state index contributed by atoms with van der Waals surface area (Å²) in [5.41, 5.74) is 3.12. The zero-order chi connectivity index (χ0) is 27.9. The Labute approximate surface area is 241 Å². The SMILES string of the molecule is C=CC(=O)N1CCN(c2nc(OCCCN3CC4CC4C3)nc3c2CCN(c2cc(O)cc4ccccc24)C3)CC1. The monoisotopic (exact) mass is 554 g/mol. The number of anilines is 2. The minimum Gasteiger partial charge on any atom is -0.508 e. The van der Waals surface area contributed by atoms with Gasteiger partial charge in [0.1, 0.15) is 11.6 Å². The number of fused-ring (bicyclic) bond motifs is 3. The van der Waals surface area contributed by atoms with Crippen LogP contribution < -0.4 is 14.5 Å². The molecule has 3 aliphatic heterocycles. The van der Waals surface area contributed by atoms with Crippen molar-refractivity contribution in [1.29, 1.82) is 0 Å². The smallest absolute Gasteiger partial charge is 0.318 e. The maximum absolute atomic E-state index is 12.2. The molecule has 0 bridgehead atoms. The number of nitrogens with zero attached hydrogens (tertiary/aromatic N) is 6. The molecule has 0 spiro atoms. The highest BCUT2D eigenvalue weighted by molar-refractivity contribution is 5.95. The van der Waals surface area contributed by atoms with Gasteiger partial charge in [0.05, 0.1) is 18.8 Å². The molecule has 2 aromatic carbocycles. The van der Waals surface area contributed by atoms with Crippen LogP contribution >= 0.6 is 0 Å². The number of carbonyl (C=O) groups excluding carboxylic acids is 1. The average Bonchev–Trinajstić information content (AvgIpc) is 3.62. The van der Waals surface area contributed by atoms with Gasteiger partial charge >= 0.3 is 6.01 Å². The molecule has 4 aliphatic rings. The van der Waals surface area contributed by atoms with Crippen LogP contribution in [0.3, 0.4) is 0 Å². The molecule has 2 atom stereocenters.